The van der Waals surface area contributed by atoms with E-state index in [1.165, 1.54) is 4.88 Å². The summed E-state index contributed by atoms with van der Waals surface area (Å²) in [5, 5.41) is 0. The fourth-order valence-corrected chi connectivity index (χ4v) is 2.93. The summed E-state index contributed by atoms with van der Waals surface area (Å²) in [6, 6.07) is 4.11. The molecule has 16 heavy (non-hydrogen) atoms. The van der Waals surface area contributed by atoms with Gasteiger partial charge in [0.2, 0.25) is 0 Å². The summed E-state index contributed by atoms with van der Waals surface area (Å²) < 4.78 is 1.12. The number of aromatic nitrogens is 2. The predicted octanol–water partition coefficient (Wildman–Crippen LogP) is 2.05. The molecule has 0 aliphatic carbocycles. The fourth-order valence-electron chi connectivity index (χ4n) is 1.40. The molecule has 2 rings (SSSR count). The van der Waals surface area contributed by atoms with E-state index in [0.717, 1.165) is 15.9 Å². The largest absolute Gasteiger partial charge is 0.271 e. The van der Waals surface area contributed by atoms with Crippen molar-refractivity contribution >= 4 is 27.3 Å². The van der Waals surface area contributed by atoms with Gasteiger partial charge in [-0.05, 0) is 28.1 Å². The third-order valence-corrected chi connectivity index (χ3v) is 3.82. The molecule has 0 bridgehead atoms. The topological polar surface area (TPSA) is 63.8 Å². The molecule has 0 fully saturated rings. The number of thiophene rings is 1. The standard InChI is InChI=1S/C10H11BrN4S/c11-10-2-1-7(16-10)5-8(15-12)9-6-13-3-4-14-9/h1-4,6,8,15H,5,12H2. The van der Waals surface area contributed by atoms with E-state index in [4.69, 9.17) is 5.84 Å². The Kier molecular flexibility index (Phi) is 4.00. The minimum Gasteiger partial charge on any atom is -0.271 e. The second kappa shape index (κ2) is 5.49. The number of hydrazine groups is 1. The van der Waals surface area contributed by atoms with Gasteiger partial charge < -0.3 is 0 Å². The smallest absolute Gasteiger partial charge is 0.0773 e. The maximum Gasteiger partial charge on any atom is 0.0773 e. The minimum absolute atomic E-state index is 0.000694. The number of nitrogens with one attached hydrogen (secondary N) is 1. The Bertz CT molecular complexity index is 445. The molecule has 3 N–H and O–H groups in total. The first kappa shape index (κ1) is 11.7. The molecule has 2 aromatic rings. The molecule has 0 aliphatic rings. The van der Waals surface area contributed by atoms with Gasteiger partial charge in [0, 0.05) is 23.7 Å². The highest BCUT2D eigenvalue weighted by atomic mass is 79.9. The lowest BCUT2D eigenvalue weighted by Crippen LogP contribution is -2.30. The summed E-state index contributed by atoms with van der Waals surface area (Å²) in [7, 11) is 0. The van der Waals surface area contributed by atoms with Gasteiger partial charge in [-0.15, -0.1) is 11.3 Å². The van der Waals surface area contributed by atoms with Gasteiger partial charge in [0.05, 0.1) is 21.7 Å². The second-order valence-corrected chi connectivity index (χ2v) is 5.81. The zero-order valence-electron chi connectivity index (χ0n) is 8.43. The maximum atomic E-state index is 5.53. The summed E-state index contributed by atoms with van der Waals surface area (Å²) in [5.41, 5.74) is 3.62. The number of nitrogens with two attached hydrogens (primary N) is 1. The summed E-state index contributed by atoms with van der Waals surface area (Å²) in [6.07, 6.45) is 5.86. The molecule has 1 unspecified atom stereocenters. The lowest BCUT2D eigenvalue weighted by atomic mass is 10.1. The molecule has 0 amide bonds. The van der Waals surface area contributed by atoms with Crippen LogP contribution in [-0.4, -0.2) is 9.97 Å². The Morgan fingerprint density at radius 1 is 1.44 bits per heavy atom. The SMILES string of the molecule is NNC(Cc1ccc(Br)s1)c1cnccn1. The van der Waals surface area contributed by atoms with Crippen LogP contribution in [0.2, 0.25) is 0 Å². The van der Waals surface area contributed by atoms with E-state index < -0.39 is 0 Å². The number of nitrogens with zero attached hydrogens (tertiary/aromatic N) is 2. The molecule has 2 heterocycles. The Morgan fingerprint density at radius 3 is 2.88 bits per heavy atom. The van der Waals surface area contributed by atoms with Crippen LogP contribution in [0, 0.1) is 0 Å². The Balaban J connectivity index is 2.12. The van der Waals surface area contributed by atoms with Crippen LogP contribution in [0.15, 0.2) is 34.5 Å². The molecule has 0 aliphatic heterocycles. The van der Waals surface area contributed by atoms with E-state index in [9.17, 15) is 0 Å². The summed E-state index contributed by atoms with van der Waals surface area (Å²) in [4.78, 5) is 9.53. The van der Waals surface area contributed by atoms with Gasteiger partial charge in [-0.25, -0.2) is 0 Å². The highest BCUT2D eigenvalue weighted by Crippen LogP contribution is 2.25. The highest BCUT2D eigenvalue weighted by Gasteiger charge is 2.13. The quantitative estimate of drug-likeness (QED) is 0.670. The molecule has 0 spiro atoms. The highest BCUT2D eigenvalue weighted by molar-refractivity contribution is 9.11. The fraction of sp³-hybridized carbons (Fsp3) is 0.200. The van der Waals surface area contributed by atoms with Crippen LogP contribution in [-0.2, 0) is 6.42 Å². The van der Waals surface area contributed by atoms with Crippen LogP contribution in [0.1, 0.15) is 16.6 Å². The Labute approximate surface area is 106 Å². The average Bonchev–Trinajstić information content (AvgIpc) is 2.73. The van der Waals surface area contributed by atoms with Crippen LogP contribution in [0.3, 0.4) is 0 Å². The van der Waals surface area contributed by atoms with Crippen LogP contribution < -0.4 is 11.3 Å². The van der Waals surface area contributed by atoms with Crippen molar-refractivity contribution in [1.29, 1.82) is 0 Å². The normalized spacial score (nSPS) is 12.6. The van der Waals surface area contributed by atoms with Crippen molar-refractivity contribution in [1.82, 2.24) is 15.4 Å². The third-order valence-electron chi connectivity index (χ3n) is 2.18. The van der Waals surface area contributed by atoms with Crippen LogP contribution in [0.25, 0.3) is 0 Å². The summed E-state index contributed by atoms with van der Waals surface area (Å²) in [5.74, 6) is 5.53. The van der Waals surface area contributed by atoms with E-state index in [-0.39, 0.29) is 6.04 Å². The molecule has 0 saturated carbocycles. The maximum absolute atomic E-state index is 5.53. The van der Waals surface area contributed by atoms with Crippen molar-refractivity contribution in [3.05, 3.63) is 45.1 Å². The van der Waals surface area contributed by atoms with E-state index in [2.05, 4.69) is 37.4 Å². The predicted molar refractivity (Wildman–Crippen MR) is 67.8 cm³/mol. The van der Waals surface area contributed by atoms with E-state index >= 15 is 0 Å². The van der Waals surface area contributed by atoms with E-state index in [1.54, 1.807) is 29.9 Å². The van der Waals surface area contributed by atoms with Gasteiger partial charge in [0.15, 0.2) is 0 Å². The number of hydrogen-bond acceptors (Lipinski definition) is 5. The van der Waals surface area contributed by atoms with Crippen LogP contribution in [0.4, 0.5) is 0 Å². The number of halogens is 1. The molecule has 6 heteroatoms. The minimum atomic E-state index is -0.000694. The number of hydrogen-bond donors (Lipinski definition) is 2. The first-order chi connectivity index (χ1) is 7.79. The summed E-state index contributed by atoms with van der Waals surface area (Å²) in [6.45, 7) is 0. The molecule has 84 valence electrons. The van der Waals surface area contributed by atoms with Gasteiger partial charge in [-0.1, -0.05) is 0 Å². The average molecular weight is 299 g/mol. The van der Waals surface area contributed by atoms with Crippen LogP contribution >= 0.6 is 27.3 Å². The summed E-state index contributed by atoms with van der Waals surface area (Å²) >= 11 is 5.14. The third kappa shape index (κ3) is 2.85. The van der Waals surface area contributed by atoms with Gasteiger partial charge in [0.1, 0.15) is 0 Å². The van der Waals surface area contributed by atoms with Crippen molar-refractivity contribution in [3.8, 4) is 0 Å². The van der Waals surface area contributed by atoms with Gasteiger partial charge in [0.25, 0.3) is 0 Å². The monoisotopic (exact) mass is 298 g/mol. The lowest BCUT2D eigenvalue weighted by Gasteiger charge is -2.13. The molecule has 2 aromatic heterocycles. The molecule has 0 saturated heterocycles. The Morgan fingerprint density at radius 2 is 2.31 bits per heavy atom. The van der Waals surface area contributed by atoms with Crippen molar-refractivity contribution in [3.63, 3.8) is 0 Å². The zero-order valence-corrected chi connectivity index (χ0v) is 10.8. The second-order valence-electron chi connectivity index (χ2n) is 3.26. The van der Waals surface area contributed by atoms with Crippen molar-refractivity contribution in [2.24, 2.45) is 5.84 Å². The van der Waals surface area contributed by atoms with Crippen molar-refractivity contribution in [2.75, 3.05) is 0 Å². The number of rotatable bonds is 4. The van der Waals surface area contributed by atoms with Crippen LogP contribution in [0.5, 0.6) is 0 Å². The molecule has 1 atom stereocenters. The van der Waals surface area contributed by atoms with E-state index in [0.29, 0.717) is 0 Å². The molecule has 4 nitrogen and oxygen atoms in total. The van der Waals surface area contributed by atoms with Crippen molar-refractivity contribution < 1.29 is 0 Å². The molecular weight excluding hydrogens is 288 g/mol. The Hall–Kier alpha value is -0.820. The first-order valence-corrected chi connectivity index (χ1v) is 6.37. The van der Waals surface area contributed by atoms with Gasteiger partial charge >= 0.3 is 0 Å². The lowest BCUT2D eigenvalue weighted by molar-refractivity contribution is 0.539. The molecular formula is C10H11BrN4S. The van der Waals surface area contributed by atoms with Gasteiger partial charge in [-0.2, -0.15) is 0 Å². The molecule has 0 radical (unpaired) electrons. The zero-order chi connectivity index (χ0) is 11.4. The van der Waals surface area contributed by atoms with Crippen molar-refractivity contribution in [2.45, 2.75) is 12.5 Å². The molecule has 0 aromatic carbocycles. The first-order valence-electron chi connectivity index (χ1n) is 4.76. The van der Waals surface area contributed by atoms with Gasteiger partial charge in [-0.3, -0.25) is 21.2 Å². The van der Waals surface area contributed by atoms with E-state index in [1.807, 2.05) is 6.07 Å².